The first-order valence-electron chi connectivity index (χ1n) is 4.40. The Kier molecular flexibility index (Phi) is 3.65. The van der Waals surface area contributed by atoms with Crippen LogP contribution in [0.25, 0.3) is 0 Å². The van der Waals surface area contributed by atoms with E-state index >= 15 is 0 Å². The van der Waals surface area contributed by atoms with Crippen LogP contribution in [0.2, 0.25) is 0 Å². The van der Waals surface area contributed by atoms with Crippen molar-refractivity contribution in [2.24, 2.45) is 4.99 Å². The number of aliphatic hydroxyl groups excluding tert-OH is 3. The second kappa shape index (κ2) is 4.55. The molecule has 4 N–H and O–H groups in total. The molecule has 0 aromatic heterocycles. The Morgan fingerprint density at radius 1 is 1.23 bits per heavy atom. The average Bonchev–Trinajstić information content (AvgIpc) is 2.67. The number of aliphatic imine (C=N–C) groups is 1. The molecule has 5 heteroatoms. The van der Waals surface area contributed by atoms with Crippen molar-refractivity contribution in [3.63, 3.8) is 0 Å². The van der Waals surface area contributed by atoms with Gasteiger partial charge < -0.3 is 20.6 Å². The molecule has 1 aliphatic heterocycles. The van der Waals surface area contributed by atoms with E-state index in [9.17, 15) is 0 Å². The van der Waals surface area contributed by atoms with Crippen LogP contribution in [0.3, 0.4) is 0 Å². The minimum Gasteiger partial charge on any atom is -0.394 e. The van der Waals surface area contributed by atoms with E-state index in [-0.39, 0.29) is 19.8 Å². The van der Waals surface area contributed by atoms with Crippen molar-refractivity contribution in [2.75, 3.05) is 26.4 Å². The lowest BCUT2D eigenvalue weighted by Gasteiger charge is -2.29. The zero-order valence-electron chi connectivity index (χ0n) is 7.53. The molecule has 13 heavy (non-hydrogen) atoms. The summed E-state index contributed by atoms with van der Waals surface area (Å²) < 4.78 is 0. The monoisotopic (exact) mass is 188 g/mol. The Balaban J connectivity index is 2.55. The number of aliphatic hydroxyl groups is 3. The van der Waals surface area contributed by atoms with Crippen LogP contribution >= 0.6 is 0 Å². The molecule has 5 nitrogen and oxygen atoms in total. The van der Waals surface area contributed by atoms with Crippen LogP contribution in [0.1, 0.15) is 12.8 Å². The Morgan fingerprint density at radius 3 is 2.23 bits per heavy atom. The predicted octanol–water partition coefficient (Wildman–Crippen LogP) is -1.52. The first kappa shape index (κ1) is 10.4. The summed E-state index contributed by atoms with van der Waals surface area (Å²) in [6.07, 6.45) is 1.81. The van der Waals surface area contributed by atoms with Crippen molar-refractivity contribution in [3.05, 3.63) is 0 Å². The van der Waals surface area contributed by atoms with Crippen molar-refractivity contribution >= 4 is 5.84 Å². The summed E-state index contributed by atoms with van der Waals surface area (Å²) in [5.41, 5.74) is -1.02. The summed E-state index contributed by atoms with van der Waals surface area (Å²) >= 11 is 0. The van der Waals surface area contributed by atoms with Gasteiger partial charge in [0, 0.05) is 13.0 Å². The highest BCUT2D eigenvalue weighted by Crippen LogP contribution is 2.07. The van der Waals surface area contributed by atoms with E-state index < -0.39 is 5.54 Å². The number of nitrogens with one attached hydrogen (secondary N) is 1. The second-order valence-corrected chi connectivity index (χ2v) is 3.31. The maximum Gasteiger partial charge on any atom is 0.108 e. The Labute approximate surface area is 77.1 Å². The van der Waals surface area contributed by atoms with Crippen LogP contribution < -0.4 is 5.32 Å². The van der Waals surface area contributed by atoms with E-state index in [1.807, 2.05) is 0 Å². The Bertz CT molecular complexity index is 182. The van der Waals surface area contributed by atoms with E-state index in [1.54, 1.807) is 0 Å². The zero-order chi connectivity index (χ0) is 9.73. The summed E-state index contributed by atoms with van der Waals surface area (Å²) in [5.74, 6) is 0.761. The minimum atomic E-state index is -1.02. The van der Waals surface area contributed by atoms with Crippen molar-refractivity contribution in [1.82, 2.24) is 5.32 Å². The average molecular weight is 188 g/mol. The zero-order valence-corrected chi connectivity index (χ0v) is 7.53. The molecule has 0 aliphatic carbocycles. The molecule has 0 unspecified atom stereocenters. The van der Waals surface area contributed by atoms with Crippen molar-refractivity contribution in [1.29, 1.82) is 0 Å². The standard InChI is InChI=1S/C8H16N2O3/c11-4-8(5-12,6-13)10-7-2-1-3-9-7/h11-13H,1-6H2,(H,9,10). The maximum absolute atomic E-state index is 9.00. The SMILES string of the molecule is OCC(CO)(CO)NC1=NCCC1. The lowest BCUT2D eigenvalue weighted by atomic mass is 10.0. The molecule has 0 spiro atoms. The number of hydrogen-bond donors (Lipinski definition) is 4. The molecule has 0 saturated carbocycles. The summed E-state index contributed by atoms with van der Waals surface area (Å²) in [6.45, 7) is -0.141. The van der Waals surface area contributed by atoms with Gasteiger partial charge in [-0.15, -0.1) is 0 Å². The van der Waals surface area contributed by atoms with Gasteiger partial charge in [0.15, 0.2) is 0 Å². The van der Waals surface area contributed by atoms with Gasteiger partial charge in [-0.25, -0.2) is 0 Å². The van der Waals surface area contributed by atoms with E-state index in [0.29, 0.717) is 0 Å². The third-order valence-electron chi connectivity index (χ3n) is 2.19. The minimum absolute atomic E-state index is 0.307. The van der Waals surface area contributed by atoms with Gasteiger partial charge in [-0.2, -0.15) is 0 Å². The molecule has 0 saturated heterocycles. The Hall–Kier alpha value is -0.650. The van der Waals surface area contributed by atoms with E-state index in [1.165, 1.54) is 0 Å². The lowest BCUT2D eigenvalue weighted by Crippen LogP contribution is -2.56. The van der Waals surface area contributed by atoms with Gasteiger partial charge in [0.05, 0.1) is 25.7 Å². The normalized spacial score (nSPS) is 17.3. The maximum atomic E-state index is 9.00. The highest BCUT2D eigenvalue weighted by molar-refractivity contribution is 5.84. The third kappa shape index (κ3) is 2.40. The molecule has 0 aromatic rings. The van der Waals surface area contributed by atoms with Gasteiger partial charge in [-0.05, 0) is 6.42 Å². The topological polar surface area (TPSA) is 85.1 Å². The highest BCUT2D eigenvalue weighted by atomic mass is 16.3. The van der Waals surface area contributed by atoms with Crippen LogP contribution in [0.15, 0.2) is 4.99 Å². The molecule has 0 amide bonds. The van der Waals surface area contributed by atoms with Crippen molar-refractivity contribution in [3.8, 4) is 0 Å². The first-order chi connectivity index (χ1) is 6.26. The molecule has 0 bridgehead atoms. The molecule has 1 aliphatic rings. The number of rotatable bonds is 4. The molecule has 0 fully saturated rings. The molecule has 76 valence electrons. The number of nitrogens with zero attached hydrogens (tertiary/aromatic N) is 1. The molecule has 1 heterocycles. The quantitative estimate of drug-likeness (QED) is 0.432. The van der Waals surface area contributed by atoms with Crippen LogP contribution in [-0.4, -0.2) is 53.1 Å². The van der Waals surface area contributed by atoms with Crippen LogP contribution in [0, 0.1) is 0 Å². The lowest BCUT2D eigenvalue weighted by molar-refractivity contribution is 0.0556. The largest absolute Gasteiger partial charge is 0.394 e. The fraction of sp³-hybridized carbons (Fsp3) is 0.875. The van der Waals surface area contributed by atoms with E-state index in [4.69, 9.17) is 15.3 Å². The van der Waals surface area contributed by atoms with Gasteiger partial charge in [0.1, 0.15) is 5.54 Å². The van der Waals surface area contributed by atoms with Crippen LogP contribution in [-0.2, 0) is 0 Å². The van der Waals surface area contributed by atoms with Gasteiger partial charge in [-0.1, -0.05) is 0 Å². The predicted molar refractivity (Wildman–Crippen MR) is 48.7 cm³/mol. The Morgan fingerprint density at radius 2 is 1.85 bits per heavy atom. The van der Waals surface area contributed by atoms with Gasteiger partial charge in [0.25, 0.3) is 0 Å². The summed E-state index contributed by atoms with van der Waals surface area (Å²) in [4.78, 5) is 4.14. The number of amidine groups is 1. The highest BCUT2D eigenvalue weighted by Gasteiger charge is 2.29. The molecular weight excluding hydrogens is 172 g/mol. The second-order valence-electron chi connectivity index (χ2n) is 3.31. The third-order valence-corrected chi connectivity index (χ3v) is 2.19. The summed E-state index contributed by atoms with van der Waals surface area (Å²) in [6, 6.07) is 0. The molecule has 0 atom stereocenters. The summed E-state index contributed by atoms with van der Waals surface area (Å²) in [7, 11) is 0. The molecule has 1 rings (SSSR count). The van der Waals surface area contributed by atoms with Gasteiger partial charge >= 0.3 is 0 Å². The van der Waals surface area contributed by atoms with Crippen LogP contribution in [0.5, 0.6) is 0 Å². The molecular formula is C8H16N2O3. The van der Waals surface area contributed by atoms with Crippen molar-refractivity contribution in [2.45, 2.75) is 18.4 Å². The van der Waals surface area contributed by atoms with Gasteiger partial charge in [-0.3, -0.25) is 4.99 Å². The van der Waals surface area contributed by atoms with E-state index in [0.717, 1.165) is 25.2 Å². The number of hydrogen-bond acceptors (Lipinski definition) is 5. The van der Waals surface area contributed by atoms with E-state index in [2.05, 4.69) is 10.3 Å². The smallest absolute Gasteiger partial charge is 0.108 e. The van der Waals surface area contributed by atoms with Crippen LogP contribution in [0.4, 0.5) is 0 Å². The summed E-state index contributed by atoms with van der Waals surface area (Å²) in [5, 5.41) is 29.9. The molecule has 0 radical (unpaired) electrons. The fourth-order valence-corrected chi connectivity index (χ4v) is 1.22. The fourth-order valence-electron chi connectivity index (χ4n) is 1.22. The van der Waals surface area contributed by atoms with Crippen molar-refractivity contribution < 1.29 is 15.3 Å². The first-order valence-corrected chi connectivity index (χ1v) is 4.40. The van der Waals surface area contributed by atoms with Gasteiger partial charge in [0.2, 0.25) is 0 Å². The molecule has 0 aromatic carbocycles.